The first-order chi connectivity index (χ1) is 9.01. The summed E-state index contributed by atoms with van der Waals surface area (Å²) < 4.78 is 0. The van der Waals surface area contributed by atoms with Crippen LogP contribution in [0.5, 0.6) is 5.75 Å². The zero-order valence-corrected chi connectivity index (χ0v) is 12.6. The van der Waals surface area contributed by atoms with Crippen LogP contribution in [0.4, 0.5) is 0 Å². The molecule has 0 fully saturated rings. The van der Waals surface area contributed by atoms with Crippen LogP contribution in [0.1, 0.15) is 75.2 Å². The molecule has 106 valence electrons. The molecule has 0 aromatic heterocycles. The maximum Gasteiger partial charge on any atom is 0.169 e. The van der Waals surface area contributed by atoms with Crippen molar-refractivity contribution in [3.8, 4) is 5.75 Å². The lowest BCUT2D eigenvalue weighted by Crippen LogP contribution is -2.14. The molecule has 1 aromatic carbocycles. The minimum atomic E-state index is 0.0377. The van der Waals surface area contributed by atoms with Crippen molar-refractivity contribution >= 4 is 5.78 Å². The molecule has 0 radical (unpaired) electrons. The normalized spacial score (nSPS) is 12.7. The van der Waals surface area contributed by atoms with Crippen LogP contribution in [0.3, 0.4) is 0 Å². The maximum absolute atomic E-state index is 12.4. The van der Waals surface area contributed by atoms with E-state index in [1.165, 1.54) is 0 Å². The zero-order valence-electron chi connectivity index (χ0n) is 12.6. The van der Waals surface area contributed by atoms with Crippen LogP contribution in [0.2, 0.25) is 0 Å². The average molecular weight is 262 g/mol. The van der Waals surface area contributed by atoms with Crippen molar-refractivity contribution in [1.82, 2.24) is 0 Å². The number of Topliss-reactive ketones (excluding diaryl/α,β-unsaturated/α-hetero) is 1. The molecule has 0 aliphatic heterocycles. The van der Waals surface area contributed by atoms with Crippen molar-refractivity contribution in [2.24, 2.45) is 5.92 Å². The van der Waals surface area contributed by atoms with Crippen molar-refractivity contribution in [2.75, 3.05) is 0 Å². The number of hydrogen-bond donors (Lipinski definition) is 1. The highest BCUT2D eigenvalue weighted by Crippen LogP contribution is 2.28. The molecule has 1 unspecified atom stereocenters. The largest absolute Gasteiger partial charge is 0.507 e. The number of hydrogen-bond acceptors (Lipinski definition) is 2. The molecule has 2 nitrogen and oxygen atoms in total. The number of aromatic hydroxyl groups is 1. The van der Waals surface area contributed by atoms with Gasteiger partial charge in [-0.15, -0.1) is 0 Å². The Hall–Kier alpha value is -1.31. The van der Waals surface area contributed by atoms with Gasteiger partial charge in [-0.2, -0.15) is 0 Å². The Morgan fingerprint density at radius 2 is 1.95 bits per heavy atom. The van der Waals surface area contributed by atoms with Crippen molar-refractivity contribution in [3.05, 3.63) is 29.3 Å². The van der Waals surface area contributed by atoms with Gasteiger partial charge in [0.1, 0.15) is 5.75 Å². The lowest BCUT2D eigenvalue weighted by atomic mass is 9.89. The van der Waals surface area contributed by atoms with Crippen molar-refractivity contribution in [2.45, 2.75) is 59.3 Å². The summed E-state index contributed by atoms with van der Waals surface area (Å²) in [4.78, 5) is 12.4. The van der Waals surface area contributed by atoms with Gasteiger partial charge in [-0.25, -0.2) is 0 Å². The number of unbranched alkanes of at least 4 members (excludes halogenated alkanes) is 1. The van der Waals surface area contributed by atoms with Crippen LogP contribution in [0.25, 0.3) is 0 Å². The molecule has 1 rings (SSSR count). The number of rotatable bonds is 7. The van der Waals surface area contributed by atoms with E-state index in [4.69, 9.17) is 0 Å². The van der Waals surface area contributed by atoms with Gasteiger partial charge >= 0.3 is 0 Å². The topological polar surface area (TPSA) is 37.3 Å². The highest BCUT2D eigenvalue weighted by Gasteiger charge is 2.20. The average Bonchev–Trinajstić information content (AvgIpc) is 2.39. The van der Waals surface area contributed by atoms with Gasteiger partial charge in [-0.05, 0) is 36.5 Å². The molecule has 2 heteroatoms. The van der Waals surface area contributed by atoms with Gasteiger partial charge in [0.25, 0.3) is 0 Å². The Labute approximate surface area is 116 Å². The van der Waals surface area contributed by atoms with E-state index >= 15 is 0 Å². The predicted molar refractivity (Wildman–Crippen MR) is 79.8 cm³/mol. The quantitative estimate of drug-likeness (QED) is 0.708. The molecule has 0 aliphatic rings. The van der Waals surface area contributed by atoms with E-state index in [9.17, 15) is 9.90 Å². The summed E-state index contributed by atoms with van der Waals surface area (Å²) in [5.74, 6) is 0.614. The second kappa shape index (κ2) is 7.32. The van der Waals surface area contributed by atoms with Gasteiger partial charge in [-0.1, -0.05) is 46.6 Å². The van der Waals surface area contributed by atoms with Crippen molar-refractivity contribution in [3.63, 3.8) is 0 Å². The molecule has 1 atom stereocenters. The van der Waals surface area contributed by atoms with Crippen LogP contribution in [-0.4, -0.2) is 10.9 Å². The lowest BCUT2D eigenvalue weighted by molar-refractivity contribution is 0.0905. The summed E-state index contributed by atoms with van der Waals surface area (Å²) in [5.41, 5.74) is 1.54. The molecule has 0 amide bonds. The van der Waals surface area contributed by atoms with E-state index in [1.54, 1.807) is 12.1 Å². The number of phenolic OH excluding ortho intramolecular Hbond substituents is 1. The second-order valence-electron chi connectivity index (χ2n) is 5.54. The Bertz CT molecular complexity index is 421. The molecular formula is C17H26O2. The molecule has 0 bridgehead atoms. The SMILES string of the molecule is CCCCC(CC)C(=O)c1ccc(C(C)C)cc1O. The third-order valence-electron chi connectivity index (χ3n) is 3.72. The lowest BCUT2D eigenvalue weighted by Gasteiger charge is -2.15. The summed E-state index contributed by atoms with van der Waals surface area (Å²) in [7, 11) is 0. The molecular weight excluding hydrogens is 236 g/mol. The Morgan fingerprint density at radius 3 is 2.42 bits per heavy atom. The summed E-state index contributed by atoms with van der Waals surface area (Å²) in [6, 6.07) is 5.45. The molecule has 0 saturated heterocycles. The highest BCUT2D eigenvalue weighted by atomic mass is 16.3. The molecule has 0 saturated carbocycles. The van der Waals surface area contributed by atoms with E-state index in [2.05, 4.69) is 20.8 Å². The van der Waals surface area contributed by atoms with Crippen molar-refractivity contribution in [1.29, 1.82) is 0 Å². The molecule has 0 aliphatic carbocycles. The third-order valence-corrected chi connectivity index (χ3v) is 3.72. The number of benzene rings is 1. The zero-order chi connectivity index (χ0) is 14.4. The third kappa shape index (κ3) is 4.09. The van der Waals surface area contributed by atoms with Crippen LogP contribution in [-0.2, 0) is 0 Å². The molecule has 0 spiro atoms. The number of carbonyl (C=O) groups excluding carboxylic acids is 1. The van der Waals surface area contributed by atoms with Gasteiger partial charge in [0.15, 0.2) is 5.78 Å². The summed E-state index contributed by atoms with van der Waals surface area (Å²) >= 11 is 0. The number of phenols is 1. The monoisotopic (exact) mass is 262 g/mol. The first kappa shape index (κ1) is 15.7. The van der Waals surface area contributed by atoms with Gasteiger partial charge in [0.05, 0.1) is 5.56 Å². The molecule has 19 heavy (non-hydrogen) atoms. The van der Waals surface area contributed by atoms with E-state index in [1.807, 2.05) is 13.0 Å². The number of ketones is 1. The highest BCUT2D eigenvalue weighted by molar-refractivity contribution is 6.00. The minimum absolute atomic E-state index is 0.0377. The summed E-state index contributed by atoms with van der Waals surface area (Å²) in [6.45, 7) is 8.32. The molecule has 0 heterocycles. The van der Waals surface area contributed by atoms with E-state index in [0.29, 0.717) is 11.5 Å². The Kier molecular flexibility index (Phi) is 6.07. The van der Waals surface area contributed by atoms with E-state index in [-0.39, 0.29) is 17.5 Å². The second-order valence-corrected chi connectivity index (χ2v) is 5.54. The first-order valence-corrected chi connectivity index (χ1v) is 7.38. The molecule has 1 aromatic rings. The van der Waals surface area contributed by atoms with Gasteiger partial charge < -0.3 is 5.11 Å². The smallest absolute Gasteiger partial charge is 0.169 e. The Balaban J connectivity index is 2.92. The predicted octanol–water partition coefficient (Wildman–Crippen LogP) is 4.91. The fourth-order valence-corrected chi connectivity index (χ4v) is 2.31. The van der Waals surface area contributed by atoms with Crippen LogP contribution >= 0.6 is 0 Å². The molecule has 1 N–H and O–H groups in total. The fraction of sp³-hybridized carbons (Fsp3) is 0.588. The minimum Gasteiger partial charge on any atom is -0.507 e. The summed E-state index contributed by atoms with van der Waals surface area (Å²) in [5, 5.41) is 10.1. The van der Waals surface area contributed by atoms with Crippen molar-refractivity contribution < 1.29 is 9.90 Å². The van der Waals surface area contributed by atoms with E-state index < -0.39 is 0 Å². The summed E-state index contributed by atoms with van der Waals surface area (Å²) in [6.07, 6.45) is 3.92. The Morgan fingerprint density at radius 1 is 1.26 bits per heavy atom. The standard InChI is InChI=1S/C17H26O2/c1-5-7-8-13(6-2)17(19)15-10-9-14(12(3)4)11-16(15)18/h9-13,18H,5-8H2,1-4H3. The maximum atomic E-state index is 12.4. The number of carbonyl (C=O) groups is 1. The van der Waals surface area contributed by atoms with E-state index in [0.717, 1.165) is 31.2 Å². The fourth-order valence-electron chi connectivity index (χ4n) is 2.31. The van der Waals surface area contributed by atoms with Crippen LogP contribution < -0.4 is 0 Å². The van der Waals surface area contributed by atoms with Gasteiger partial charge in [-0.3, -0.25) is 4.79 Å². The van der Waals surface area contributed by atoms with Gasteiger partial charge in [0.2, 0.25) is 0 Å². The van der Waals surface area contributed by atoms with Gasteiger partial charge in [0, 0.05) is 5.92 Å². The van der Waals surface area contributed by atoms with Crippen LogP contribution in [0, 0.1) is 5.92 Å². The first-order valence-electron chi connectivity index (χ1n) is 7.38. The van der Waals surface area contributed by atoms with Crippen LogP contribution in [0.15, 0.2) is 18.2 Å².